The maximum Gasteiger partial charge on any atom is 0.228 e. The first-order valence-corrected chi connectivity index (χ1v) is 9.81. The first-order chi connectivity index (χ1) is 12.6. The minimum absolute atomic E-state index is 0.0348. The molecule has 5 heteroatoms. The number of hydrogen-bond acceptors (Lipinski definition) is 3. The summed E-state index contributed by atoms with van der Waals surface area (Å²) in [7, 11) is 0. The number of piperidine rings is 1. The molecule has 1 aromatic heterocycles. The van der Waals surface area contributed by atoms with Gasteiger partial charge >= 0.3 is 0 Å². The van der Waals surface area contributed by atoms with Crippen molar-refractivity contribution in [1.82, 2.24) is 10.2 Å². The Labute approximate surface area is 160 Å². The second-order valence-electron chi connectivity index (χ2n) is 7.08. The molecule has 0 bridgehead atoms. The number of carbonyl (C=O) groups is 1. The monoisotopic (exact) mass is 374 g/mol. The van der Waals surface area contributed by atoms with Crippen molar-refractivity contribution >= 4 is 17.5 Å². The van der Waals surface area contributed by atoms with Crippen molar-refractivity contribution in [2.24, 2.45) is 0 Å². The van der Waals surface area contributed by atoms with Crippen molar-refractivity contribution in [2.75, 3.05) is 19.6 Å². The van der Waals surface area contributed by atoms with Crippen LogP contribution >= 0.6 is 11.6 Å². The molecule has 2 heterocycles. The molecule has 1 amide bonds. The maximum absolute atomic E-state index is 12.9. The number of rotatable bonds is 7. The van der Waals surface area contributed by atoms with Crippen molar-refractivity contribution in [2.45, 2.75) is 44.6 Å². The van der Waals surface area contributed by atoms with Gasteiger partial charge in [-0.25, -0.2) is 0 Å². The van der Waals surface area contributed by atoms with Crippen LogP contribution in [0.4, 0.5) is 0 Å². The lowest BCUT2D eigenvalue weighted by atomic mass is 9.93. The van der Waals surface area contributed by atoms with E-state index in [9.17, 15) is 4.79 Å². The molecule has 0 saturated carbocycles. The maximum atomic E-state index is 12.9. The Morgan fingerprint density at radius 1 is 1.19 bits per heavy atom. The third-order valence-corrected chi connectivity index (χ3v) is 5.41. The van der Waals surface area contributed by atoms with Gasteiger partial charge in [0, 0.05) is 24.0 Å². The first kappa shape index (κ1) is 19.0. The molecule has 2 atom stereocenters. The van der Waals surface area contributed by atoms with Crippen LogP contribution < -0.4 is 5.32 Å². The number of furan rings is 1. The standard InChI is InChI=1S/C21H27ClN2O2/c1-16(24-11-3-2-4-12-24)15-23-21(25)20(14-19-6-5-13-26-19)17-7-9-18(22)10-8-17/h5-10,13,16,20H,2-4,11-12,14-15H2,1H3,(H,23,25). The molecule has 1 saturated heterocycles. The van der Waals surface area contributed by atoms with Gasteiger partial charge in [0.25, 0.3) is 0 Å². The van der Waals surface area contributed by atoms with E-state index in [1.165, 1.54) is 19.3 Å². The normalized spacial score (nSPS) is 17.6. The van der Waals surface area contributed by atoms with E-state index in [1.54, 1.807) is 6.26 Å². The Hall–Kier alpha value is -1.78. The zero-order valence-corrected chi connectivity index (χ0v) is 16.0. The molecule has 1 aliphatic heterocycles. The predicted molar refractivity (Wildman–Crippen MR) is 105 cm³/mol. The number of benzene rings is 1. The number of likely N-dealkylation sites (tertiary alicyclic amines) is 1. The van der Waals surface area contributed by atoms with Gasteiger partial charge in [-0.1, -0.05) is 30.2 Å². The van der Waals surface area contributed by atoms with Crippen molar-refractivity contribution < 1.29 is 9.21 Å². The zero-order valence-electron chi connectivity index (χ0n) is 15.3. The molecule has 4 nitrogen and oxygen atoms in total. The lowest BCUT2D eigenvalue weighted by molar-refractivity contribution is -0.122. The average molecular weight is 375 g/mol. The van der Waals surface area contributed by atoms with E-state index >= 15 is 0 Å². The van der Waals surface area contributed by atoms with Gasteiger partial charge in [-0.15, -0.1) is 0 Å². The average Bonchev–Trinajstić information content (AvgIpc) is 3.19. The summed E-state index contributed by atoms with van der Waals surface area (Å²) in [6, 6.07) is 11.6. The lowest BCUT2D eigenvalue weighted by Crippen LogP contribution is -2.45. The van der Waals surface area contributed by atoms with Gasteiger partial charge in [-0.05, 0) is 62.7 Å². The van der Waals surface area contributed by atoms with E-state index in [-0.39, 0.29) is 11.8 Å². The van der Waals surface area contributed by atoms with Crippen LogP contribution in [0.15, 0.2) is 47.1 Å². The highest BCUT2D eigenvalue weighted by molar-refractivity contribution is 6.30. The molecule has 2 unspecified atom stereocenters. The van der Waals surface area contributed by atoms with Crippen LogP contribution in [0.1, 0.15) is 43.4 Å². The second-order valence-corrected chi connectivity index (χ2v) is 7.51. The first-order valence-electron chi connectivity index (χ1n) is 9.43. The summed E-state index contributed by atoms with van der Waals surface area (Å²) in [5, 5.41) is 3.82. The van der Waals surface area contributed by atoms with Crippen LogP contribution in [0, 0.1) is 0 Å². The lowest BCUT2D eigenvalue weighted by Gasteiger charge is -2.32. The largest absolute Gasteiger partial charge is 0.469 e. The Morgan fingerprint density at radius 2 is 1.92 bits per heavy atom. The molecule has 3 rings (SSSR count). The molecular weight excluding hydrogens is 348 g/mol. The van der Waals surface area contributed by atoms with E-state index in [0.29, 0.717) is 24.0 Å². The third kappa shape index (κ3) is 5.12. The number of amides is 1. The third-order valence-electron chi connectivity index (χ3n) is 5.16. The highest BCUT2D eigenvalue weighted by Gasteiger charge is 2.24. The molecule has 2 aromatic rings. The fourth-order valence-corrected chi connectivity index (χ4v) is 3.67. The molecule has 140 valence electrons. The summed E-state index contributed by atoms with van der Waals surface area (Å²) in [6.07, 6.45) is 6.01. The Morgan fingerprint density at radius 3 is 2.58 bits per heavy atom. The van der Waals surface area contributed by atoms with Crippen molar-refractivity contribution in [1.29, 1.82) is 0 Å². The van der Waals surface area contributed by atoms with Crippen LogP contribution in [-0.4, -0.2) is 36.5 Å². The van der Waals surface area contributed by atoms with Gasteiger partial charge in [0.2, 0.25) is 5.91 Å². The van der Waals surface area contributed by atoms with Gasteiger partial charge in [0.15, 0.2) is 0 Å². The van der Waals surface area contributed by atoms with Gasteiger partial charge < -0.3 is 9.73 Å². The van der Waals surface area contributed by atoms with E-state index in [1.807, 2.05) is 36.4 Å². The molecule has 1 aliphatic rings. The summed E-state index contributed by atoms with van der Waals surface area (Å²) < 4.78 is 5.47. The van der Waals surface area contributed by atoms with E-state index < -0.39 is 0 Å². The summed E-state index contributed by atoms with van der Waals surface area (Å²) >= 11 is 6.00. The highest BCUT2D eigenvalue weighted by atomic mass is 35.5. The Bertz CT molecular complexity index is 679. The molecular formula is C21H27ClN2O2. The van der Waals surface area contributed by atoms with Crippen molar-refractivity contribution in [3.05, 3.63) is 59.0 Å². The predicted octanol–water partition coefficient (Wildman–Crippen LogP) is 4.25. The summed E-state index contributed by atoms with van der Waals surface area (Å²) in [4.78, 5) is 15.4. The van der Waals surface area contributed by atoms with Crippen molar-refractivity contribution in [3.8, 4) is 0 Å². The van der Waals surface area contributed by atoms with Gasteiger partial charge in [0.1, 0.15) is 5.76 Å². The molecule has 1 N–H and O–H groups in total. The molecule has 26 heavy (non-hydrogen) atoms. The van der Waals surface area contributed by atoms with E-state index in [0.717, 1.165) is 24.4 Å². The zero-order chi connectivity index (χ0) is 18.4. The van der Waals surface area contributed by atoms with Gasteiger partial charge in [-0.3, -0.25) is 9.69 Å². The molecule has 0 aliphatic carbocycles. The van der Waals surface area contributed by atoms with Crippen molar-refractivity contribution in [3.63, 3.8) is 0 Å². The number of nitrogens with zero attached hydrogens (tertiary/aromatic N) is 1. The number of hydrogen-bond donors (Lipinski definition) is 1. The topological polar surface area (TPSA) is 45.5 Å². The smallest absolute Gasteiger partial charge is 0.228 e. The number of halogens is 1. The molecule has 1 fully saturated rings. The molecule has 0 radical (unpaired) electrons. The number of nitrogens with one attached hydrogen (secondary N) is 1. The van der Waals surface area contributed by atoms with Crippen LogP contribution in [0.25, 0.3) is 0 Å². The Balaban J connectivity index is 1.65. The summed E-state index contributed by atoms with van der Waals surface area (Å²) in [5.74, 6) is 0.559. The minimum atomic E-state index is -0.285. The van der Waals surface area contributed by atoms with Crippen LogP contribution in [0.5, 0.6) is 0 Å². The fraction of sp³-hybridized carbons (Fsp3) is 0.476. The second kappa shape index (κ2) is 9.24. The minimum Gasteiger partial charge on any atom is -0.469 e. The molecule has 1 aromatic carbocycles. The van der Waals surface area contributed by atoms with E-state index in [4.69, 9.17) is 16.0 Å². The fourth-order valence-electron chi connectivity index (χ4n) is 3.55. The van der Waals surface area contributed by atoms with Crippen LogP contribution in [0.3, 0.4) is 0 Å². The number of carbonyl (C=O) groups excluding carboxylic acids is 1. The summed E-state index contributed by atoms with van der Waals surface area (Å²) in [5.41, 5.74) is 0.953. The highest BCUT2D eigenvalue weighted by Crippen LogP contribution is 2.23. The van der Waals surface area contributed by atoms with Crippen LogP contribution in [-0.2, 0) is 11.2 Å². The Kier molecular flexibility index (Phi) is 6.75. The quantitative estimate of drug-likeness (QED) is 0.788. The van der Waals surface area contributed by atoms with Crippen LogP contribution in [0.2, 0.25) is 5.02 Å². The van der Waals surface area contributed by atoms with Gasteiger partial charge in [-0.2, -0.15) is 0 Å². The SMILES string of the molecule is CC(CNC(=O)C(Cc1ccco1)c1ccc(Cl)cc1)N1CCCCC1. The van der Waals surface area contributed by atoms with Gasteiger partial charge in [0.05, 0.1) is 12.2 Å². The summed E-state index contributed by atoms with van der Waals surface area (Å²) in [6.45, 7) is 5.12. The molecule has 0 spiro atoms. The van der Waals surface area contributed by atoms with E-state index in [2.05, 4.69) is 17.1 Å².